The fraction of sp³-hybridized carbons (Fsp3) is 1.00. The number of rotatable bonds is 0. The SMILES string of the molecule is O=S1[C@@H]2CC[C@@H](Cl)[C@@H]1CC[C@@H]2Cl. The first-order chi connectivity index (χ1) is 5.70. The van der Waals surface area contributed by atoms with Crippen LogP contribution in [0.1, 0.15) is 25.7 Å². The molecule has 70 valence electrons. The van der Waals surface area contributed by atoms with E-state index in [0.29, 0.717) is 0 Å². The Hall–Kier alpha value is 0.730. The molecule has 12 heavy (non-hydrogen) atoms. The highest BCUT2D eigenvalue weighted by atomic mass is 35.5. The zero-order chi connectivity index (χ0) is 8.72. The Balaban J connectivity index is 2.18. The van der Waals surface area contributed by atoms with E-state index < -0.39 is 10.8 Å². The molecule has 2 saturated heterocycles. The molecular formula is C8H12Cl2OS. The van der Waals surface area contributed by atoms with Gasteiger partial charge in [-0.2, -0.15) is 0 Å². The van der Waals surface area contributed by atoms with Gasteiger partial charge in [-0.1, -0.05) is 0 Å². The molecule has 1 unspecified atom stereocenters. The molecule has 1 nitrogen and oxygen atoms in total. The molecule has 2 heterocycles. The summed E-state index contributed by atoms with van der Waals surface area (Å²) >= 11 is 12.2. The van der Waals surface area contributed by atoms with Crippen molar-refractivity contribution in [3.63, 3.8) is 0 Å². The molecule has 0 saturated carbocycles. The van der Waals surface area contributed by atoms with Gasteiger partial charge < -0.3 is 0 Å². The Labute approximate surface area is 85.3 Å². The Morgan fingerprint density at radius 2 is 1.33 bits per heavy atom. The molecule has 0 aromatic rings. The van der Waals surface area contributed by atoms with Gasteiger partial charge in [0.2, 0.25) is 0 Å². The fourth-order valence-electron chi connectivity index (χ4n) is 2.13. The molecule has 2 fully saturated rings. The van der Waals surface area contributed by atoms with Crippen molar-refractivity contribution in [1.82, 2.24) is 0 Å². The summed E-state index contributed by atoms with van der Waals surface area (Å²) in [6, 6.07) is 0. The maximum absolute atomic E-state index is 11.8. The van der Waals surface area contributed by atoms with Crippen LogP contribution in [-0.2, 0) is 10.8 Å². The second-order valence-corrected chi connectivity index (χ2v) is 6.58. The van der Waals surface area contributed by atoms with Crippen LogP contribution in [0.4, 0.5) is 0 Å². The minimum absolute atomic E-state index is 0.131. The fourth-order valence-corrected chi connectivity index (χ4v) is 5.28. The summed E-state index contributed by atoms with van der Waals surface area (Å²) in [7, 11) is -0.760. The predicted octanol–water partition coefficient (Wildman–Crippen LogP) is 2.27. The van der Waals surface area contributed by atoms with Crippen LogP contribution in [0.25, 0.3) is 0 Å². The zero-order valence-electron chi connectivity index (χ0n) is 6.71. The third-order valence-corrected chi connectivity index (χ3v) is 6.52. The Bertz CT molecular complexity index is 189. The number of halogens is 2. The van der Waals surface area contributed by atoms with E-state index in [4.69, 9.17) is 23.2 Å². The lowest BCUT2D eigenvalue weighted by atomic mass is 9.98. The van der Waals surface area contributed by atoms with E-state index in [0.717, 1.165) is 25.7 Å². The molecule has 0 aromatic heterocycles. The van der Waals surface area contributed by atoms with E-state index in [9.17, 15) is 4.21 Å². The molecule has 0 spiro atoms. The van der Waals surface area contributed by atoms with Crippen LogP contribution in [0.3, 0.4) is 0 Å². The lowest BCUT2D eigenvalue weighted by Gasteiger charge is -2.39. The van der Waals surface area contributed by atoms with Gasteiger partial charge in [0.15, 0.2) is 0 Å². The molecule has 5 atom stereocenters. The van der Waals surface area contributed by atoms with E-state index in [1.165, 1.54) is 0 Å². The van der Waals surface area contributed by atoms with Gasteiger partial charge in [-0.3, -0.25) is 4.21 Å². The average molecular weight is 227 g/mol. The molecule has 2 aliphatic heterocycles. The van der Waals surface area contributed by atoms with Crippen LogP contribution in [0.5, 0.6) is 0 Å². The van der Waals surface area contributed by atoms with Crippen molar-refractivity contribution in [2.24, 2.45) is 0 Å². The highest BCUT2D eigenvalue weighted by molar-refractivity contribution is 7.86. The van der Waals surface area contributed by atoms with E-state index in [2.05, 4.69) is 0 Å². The van der Waals surface area contributed by atoms with Crippen molar-refractivity contribution in [1.29, 1.82) is 0 Å². The zero-order valence-corrected chi connectivity index (χ0v) is 9.04. The highest BCUT2D eigenvalue weighted by Gasteiger charge is 2.42. The lowest BCUT2D eigenvalue weighted by molar-refractivity contribution is 0.474. The smallest absolute Gasteiger partial charge is 0.0515 e. The van der Waals surface area contributed by atoms with Gasteiger partial charge in [-0.15, -0.1) is 23.2 Å². The summed E-state index contributed by atoms with van der Waals surface area (Å²) in [5, 5.41) is 0.707. The lowest BCUT2D eigenvalue weighted by Crippen LogP contribution is -2.47. The monoisotopic (exact) mass is 226 g/mol. The van der Waals surface area contributed by atoms with Gasteiger partial charge in [0.25, 0.3) is 0 Å². The molecule has 0 aliphatic carbocycles. The number of fused-ring (bicyclic) bond motifs is 2. The molecule has 0 radical (unpaired) electrons. The largest absolute Gasteiger partial charge is 0.259 e. The van der Waals surface area contributed by atoms with Gasteiger partial charge in [-0.05, 0) is 25.7 Å². The molecular weight excluding hydrogens is 215 g/mol. The molecule has 0 N–H and O–H groups in total. The molecule has 2 bridgehead atoms. The first-order valence-corrected chi connectivity index (χ1v) is 6.52. The van der Waals surface area contributed by atoms with Gasteiger partial charge in [-0.25, -0.2) is 0 Å². The third kappa shape index (κ3) is 1.42. The summed E-state index contributed by atoms with van der Waals surface area (Å²) in [5.74, 6) is 0. The van der Waals surface area contributed by atoms with E-state index in [1.807, 2.05) is 0 Å². The van der Waals surface area contributed by atoms with Crippen molar-refractivity contribution in [3.8, 4) is 0 Å². The Morgan fingerprint density at radius 3 is 1.75 bits per heavy atom. The summed E-state index contributed by atoms with van der Waals surface area (Å²) in [6.07, 6.45) is 3.88. The first-order valence-electron chi connectivity index (χ1n) is 4.37. The van der Waals surface area contributed by atoms with Crippen molar-refractivity contribution in [2.45, 2.75) is 46.9 Å². The number of alkyl halides is 2. The summed E-state index contributed by atoms with van der Waals surface area (Å²) < 4.78 is 11.8. The minimum Gasteiger partial charge on any atom is -0.259 e. The predicted molar refractivity (Wildman–Crippen MR) is 53.5 cm³/mol. The second kappa shape index (κ2) is 3.47. The average Bonchev–Trinajstić information content (AvgIpc) is 2.01. The van der Waals surface area contributed by atoms with E-state index in [1.54, 1.807) is 0 Å². The van der Waals surface area contributed by atoms with Gasteiger partial charge in [0.1, 0.15) is 0 Å². The van der Waals surface area contributed by atoms with Crippen LogP contribution in [0.2, 0.25) is 0 Å². The number of hydrogen-bond acceptors (Lipinski definition) is 1. The van der Waals surface area contributed by atoms with Crippen LogP contribution < -0.4 is 0 Å². The standard InChI is InChI=1S/C8H12Cl2OS/c9-5-1-3-7-6(10)2-4-8(5)12(7)11/h5-8H,1-4H2/t5-,6+,7-,8+,12?. The van der Waals surface area contributed by atoms with Crippen molar-refractivity contribution < 1.29 is 4.21 Å². The van der Waals surface area contributed by atoms with Crippen LogP contribution >= 0.6 is 23.2 Å². The molecule has 4 heteroatoms. The van der Waals surface area contributed by atoms with Crippen LogP contribution in [0.15, 0.2) is 0 Å². The van der Waals surface area contributed by atoms with Crippen LogP contribution in [0, 0.1) is 0 Å². The minimum atomic E-state index is -0.760. The maximum Gasteiger partial charge on any atom is 0.0515 e. The topological polar surface area (TPSA) is 17.1 Å². The molecule has 2 aliphatic rings. The summed E-state index contributed by atoms with van der Waals surface area (Å²) in [6.45, 7) is 0. The second-order valence-electron chi connectivity index (χ2n) is 3.59. The highest BCUT2D eigenvalue weighted by Crippen LogP contribution is 2.38. The number of hydrogen-bond donors (Lipinski definition) is 0. The quantitative estimate of drug-likeness (QED) is 0.580. The normalized spacial score (nSPS) is 53.7. The third-order valence-electron chi connectivity index (χ3n) is 2.86. The van der Waals surface area contributed by atoms with E-state index >= 15 is 0 Å². The summed E-state index contributed by atoms with van der Waals surface area (Å²) in [5.41, 5.74) is 0. The van der Waals surface area contributed by atoms with Crippen molar-refractivity contribution in [3.05, 3.63) is 0 Å². The van der Waals surface area contributed by atoms with Gasteiger partial charge in [0.05, 0.1) is 10.5 Å². The van der Waals surface area contributed by atoms with Gasteiger partial charge in [0, 0.05) is 21.6 Å². The molecule has 2 rings (SSSR count). The Kier molecular flexibility index (Phi) is 2.69. The molecule has 0 aromatic carbocycles. The van der Waals surface area contributed by atoms with Crippen LogP contribution in [-0.4, -0.2) is 25.5 Å². The van der Waals surface area contributed by atoms with Crippen molar-refractivity contribution >= 4 is 34.0 Å². The Morgan fingerprint density at radius 1 is 0.917 bits per heavy atom. The first kappa shape index (κ1) is 9.29. The van der Waals surface area contributed by atoms with Crippen molar-refractivity contribution in [2.75, 3.05) is 0 Å². The summed E-state index contributed by atoms with van der Waals surface area (Å²) in [4.78, 5) is 0. The molecule has 0 amide bonds. The maximum atomic E-state index is 11.8. The van der Waals surface area contributed by atoms with Gasteiger partial charge >= 0.3 is 0 Å². The van der Waals surface area contributed by atoms with E-state index in [-0.39, 0.29) is 21.3 Å².